The zero-order valence-corrected chi connectivity index (χ0v) is 31.9. The molecule has 0 fully saturated rings. The molecule has 0 bridgehead atoms. The first-order valence-electron chi connectivity index (χ1n) is 17.5. The van der Waals surface area contributed by atoms with E-state index in [-0.39, 0.29) is 11.8 Å². The topological polar surface area (TPSA) is 98.7 Å². The minimum absolute atomic E-state index is 0.00762. The quantitative estimate of drug-likeness (QED) is 0.112. The molecule has 0 atom stereocenters. The lowest BCUT2D eigenvalue weighted by Crippen LogP contribution is -2.25. The van der Waals surface area contributed by atoms with Gasteiger partial charge in [-0.3, -0.25) is 9.59 Å². The van der Waals surface area contributed by atoms with Gasteiger partial charge in [0.05, 0.1) is 0 Å². The van der Waals surface area contributed by atoms with Gasteiger partial charge in [-0.1, -0.05) is 110 Å². The van der Waals surface area contributed by atoms with Gasteiger partial charge in [-0.25, -0.2) is 0 Å². The molecular weight excluding hydrogens is 643 g/mol. The Balaban J connectivity index is 0.000000294. The van der Waals surface area contributed by atoms with Crippen LogP contribution < -0.4 is 10.6 Å². The van der Waals surface area contributed by atoms with Crippen molar-refractivity contribution < 1.29 is 19.6 Å². The third kappa shape index (κ3) is 17.7. The summed E-state index contributed by atoms with van der Waals surface area (Å²) in [5.74, 6) is 1.04. The smallest absolute Gasteiger partial charge is 0.427 e. The molecule has 0 unspecified atom stereocenters. The van der Waals surface area contributed by atoms with E-state index < -0.39 is 7.12 Å². The second-order valence-electron chi connectivity index (χ2n) is 13.9. The summed E-state index contributed by atoms with van der Waals surface area (Å²) in [4.78, 5) is 24.3. The van der Waals surface area contributed by atoms with Crippen molar-refractivity contribution in [2.45, 2.75) is 81.0 Å². The van der Waals surface area contributed by atoms with Gasteiger partial charge in [-0.2, -0.15) is 0 Å². The van der Waals surface area contributed by atoms with E-state index >= 15 is 0 Å². The highest BCUT2D eigenvalue weighted by Crippen LogP contribution is 2.13. The number of benzene rings is 4. The second-order valence-corrected chi connectivity index (χ2v) is 14.4. The largest absolute Gasteiger partial charge is 0.451 e. The first-order chi connectivity index (χ1) is 23.6. The summed E-state index contributed by atoms with van der Waals surface area (Å²) in [7, 11) is -1.13. The van der Waals surface area contributed by atoms with Gasteiger partial charge in [0, 0.05) is 29.2 Å². The summed E-state index contributed by atoms with van der Waals surface area (Å²) < 4.78 is 0. The Morgan fingerprint density at radius 3 is 1.28 bits per heavy atom. The van der Waals surface area contributed by atoms with Crippen molar-refractivity contribution in [1.29, 1.82) is 0 Å². The fraction of sp³-hybridized carbons (Fsp3) is 0.381. The average molecular weight is 699 g/mol. The van der Waals surface area contributed by atoms with Crippen LogP contribution in [-0.4, -0.2) is 42.1 Å². The molecule has 4 rings (SSSR count). The van der Waals surface area contributed by atoms with Gasteiger partial charge in [-0.05, 0) is 118 Å². The fourth-order valence-electron chi connectivity index (χ4n) is 5.44. The Hall–Kier alpha value is -3.91. The molecule has 0 aliphatic rings. The van der Waals surface area contributed by atoms with Crippen LogP contribution in [0.2, 0.25) is 11.3 Å². The van der Waals surface area contributed by atoms with Gasteiger partial charge in [-0.15, -0.1) is 0 Å². The second kappa shape index (κ2) is 22.0. The Morgan fingerprint density at radius 1 is 0.600 bits per heavy atom. The molecule has 4 aromatic rings. The van der Waals surface area contributed by atoms with Crippen LogP contribution in [-0.2, 0) is 19.3 Å². The molecule has 0 aromatic heterocycles. The molecule has 8 heteroatoms. The van der Waals surface area contributed by atoms with Crippen molar-refractivity contribution in [3.63, 3.8) is 0 Å². The molecule has 0 radical (unpaired) electrons. The Labute approximate surface area is 305 Å². The molecule has 6 nitrogen and oxygen atoms in total. The SMILES string of the molecule is CC(C)CB(O)O.Cc1cc(C)cc(C(=O)NCCc2ccc(CC(C)C)cc2)c1.Cc1cc(C)cc(C(=O)NCCc2ccc(Cl)cc2)c1. The summed E-state index contributed by atoms with van der Waals surface area (Å²) in [6, 6.07) is 28.2. The third-order valence-corrected chi connectivity index (χ3v) is 7.88. The van der Waals surface area contributed by atoms with Crippen LogP contribution in [0.5, 0.6) is 0 Å². The van der Waals surface area contributed by atoms with Crippen LogP contribution in [0.4, 0.5) is 0 Å². The summed E-state index contributed by atoms with van der Waals surface area (Å²) in [6.45, 7) is 17.7. The number of halogens is 1. The number of hydrogen-bond donors (Lipinski definition) is 4. The Kier molecular flexibility index (Phi) is 18.6. The number of hydrogen-bond acceptors (Lipinski definition) is 4. The summed E-state index contributed by atoms with van der Waals surface area (Å²) >= 11 is 5.84. The molecule has 50 heavy (non-hydrogen) atoms. The highest BCUT2D eigenvalue weighted by Gasteiger charge is 2.09. The van der Waals surface area contributed by atoms with Gasteiger partial charge in [0.25, 0.3) is 11.8 Å². The Bertz CT molecular complexity index is 1570. The van der Waals surface area contributed by atoms with Crippen LogP contribution in [0, 0.1) is 39.5 Å². The van der Waals surface area contributed by atoms with Crippen molar-refractivity contribution >= 4 is 30.5 Å². The molecule has 0 aliphatic carbocycles. The summed E-state index contributed by atoms with van der Waals surface area (Å²) in [5, 5.41) is 23.2. The first-order valence-corrected chi connectivity index (χ1v) is 17.9. The highest BCUT2D eigenvalue weighted by molar-refractivity contribution is 6.41. The number of carbonyl (C=O) groups excluding carboxylic acids is 2. The maximum atomic E-state index is 12.2. The lowest BCUT2D eigenvalue weighted by molar-refractivity contribution is 0.0945. The zero-order chi connectivity index (χ0) is 37.2. The Morgan fingerprint density at radius 2 is 0.960 bits per heavy atom. The number of carbonyl (C=O) groups is 2. The van der Waals surface area contributed by atoms with Gasteiger partial charge >= 0.3 is 7.12 Å². The normalized spacial score (nSPS) is 10.5. The molecule has 268 valence electrons. The number of nitrogens with one attached hydrogen (secondary N) is 2. The predicted molar refractivity (Wildman–Crippen MR) is 210 cm³/mol. The van der Waals surface area contributed by atoms with E-state index in [4.69, 9.17) is 21.6 Å². The number of aryl methyl sites for hydroxylation is 4. The van der Waals surface area contributed by atoms with E-state index in [0.717, 1.165) is 63.2 Å². The van der Waals surface area contributed by atoms with Crippen LogP contribution >= 0.6 is 11.6 Å². The fourth-order valence-corrected chi connectivity index (χ4v) is 5.57. The molecule has 0 heterocycles. The van der Waals surface area contributed by atoms with Crippen molar-refractivity contribution in [3.05, 3.63) is 140 Å². The minimum atomic E-state index is -1.13. The standard InChI is InChI=1S/C21H27NO.C17H18ClNO.C4H11BO2/c1-15(2)11-19-7-5-18(6-8-19)9-10-22-21(23)20-13-16(3)12-17(4)14-20;1-12-9-13(2)11-15(10-12)17(20)19-8-7-14-3-5-16(18)6-4-14;1-4(2)3-5(6)7/h5-8,12-15H,9-11H2,1-4H3,(H,22,23);3-6,9-11H,7-8H2,1-2H3,(H,19,20);4,6-7H,3H2,1-2H3. The third-order valence-electron chi connectivity index (χ3n) is 7.63. The molecule has 0 saturated heterocycles. The van der Waals surface area contributed by atoms with Gasteiger partial charge < -0.3 is 20.7 Å². The zero-order valence-electron chi connectivity index (χ0n) is 31.1. The summed E-state index contributed by atoms with van der Waals surface area (Å²) in [6.07, 6.45) is 3.25. The van der Waals surface area contributed by atoms with E-state index in [1.165, 1.54) is 11.1 Å². The van der Waals surface area contributed by atoms with Crippen molar-refractivity contribution in [3.8, 4) is 0 Å². The molecular formula is C42H56BClN2O4. The van der Waals surface area contributed by atoms with E-state index in [1.54, 1.807) is 0 Å². The number of amides is 2. The van der Waals surface area contributed by atoms with E-state index in [1.807, 2.05) is 90.1 Å². The molecule has 0 spiro atoms. The van der Waals surface area contributed by atoms with Crippen LogP contribution in [0.15, 0.2) is 84.9 Å². The van der Waals surface area contributed by atoms with Crippen molar-refractivity contribution in [2.75, 3.05) is 13.1 Å². The van der Waals surface area contributed by atoms with Crippen LogP contribution in [0.1, 0.15) is 87.4 Å². The van der Waals surface area contributed by atoms with Crippen LogP contribution in [0.25, 0.3) is 0 Å². The molecule has 0 aliphatic heterocycles. The van der Waals surface area contributed by atoms with Crippen LogP contribution in [0.3, 0.4) is 0 Å². The van der Waals surface area contributed by atoms with Crippen molar-refractivity contribution in [2.24, 2.45) is 11.8 Å². The van der Waals surface area contributed by atoms with Gasteiger partial charge in [0.15, 0.2) is 0 Å². The van der Waals surface area contributed by atoms with Gasteiger partial charge in [0.1, 0.15) is 0 Å². The minimum Gasteiger partial charge on any atom is -0.427 e. The van der Waals surface area contributed by atoms with E-state index in [9.17, 15) is 9.59 Å². The van der Waals surface area contributed by atoms with E-state index in [2.05, 4.69) is 60.9 Å². The lowest BCUT2D eigenvalue weighted by Gasteiger charge is -2.09. The lowest BCUT2D eigenvalue weighted by atomic mass is 9.80. The molecule has 0 saturated carbocycles. The average Bonchev–Trinajstić information content (AvgIpc) is 3.01. The first kappa shape index (κ1) is 42.3. The van der Waals surface area contributed by atoms with E-state index in [0.29, 0.717) is 31.2 Å². The predicted octanol–water partition coefficient (Wildman–Crippen LogP) is 8.52. The molecule has 4 N–H and O–H groups in total. The summed E-state index contributed by atoms with van der Waals surface area (Å²) in [5.41, 5.74) is 9.72. The maximum absolute atomic E-state index is 12.2. The van der Waals surface area contributed by atoms with Gasteiger partial charge in [0.2, 0.25) is 0 Å². The maximum Gasteiger partial charge on any atom is 0.451 e. The number of rotatable bonds is 12. The highest BCUT2D eigenvalue weighted by atomic mass is 35.5. The molecule has 2 amide bonds. The monoisotopic (exact) mass is 698 g/mol. The van der Waals surface area contributed by atoms with Crippen molar-refractivity contribution in [1.82, 2.24) is 10.6 Å². The molecule has 4 aromatic carbocycles.